The molecule has 0 radical (unpaired) electrons. The minimum atomic E-state index is 0.859. The van der Waals surface area contributed by atoms with Gasteiger partial charge in [-0.05, 0) is 81.7 Å². The quantitative estimate of drug-likeness (QED) is 0.0861. The summed E-state index contributed by atoms with van der Waals surface area (Å²) in [7, 11) is 0. The van der Waals surface area contributed by atoms with Gasteiger partial charge < -0.3 is 4.90 Å². The fourth-order valence-electron chi connectivity index (χ4n) is 7.97. The van der Waals surface area contributed by atoms with Gasteiger partial charge >= 0.3 is 0 Å². The first-order valence-electron chi connectivity index (χ1n) is 19.4. The van der Waals surface area contributed by atoms with Gasteiger partial charge in [0.2, 0.25) is 0 Å². The van der Waals surface area contributed by atoms with Crippen molar-refractivity contribution in [2.24, 2.45) is 23.7 Å². The molecule has 2 aliphatic rings. The second-order valence-electron chi connectivity index (χ2n) is 15.0. The Labute approximate surface area is 254 Å². The molecule has 0 aromatic rings. The first-order chi connectivity index (χ1) is 19.7. The maximum absolute atomic E-state index is 2.96. The van der Waals surface area contributed by atoms with Crippen LogP contribution < -0.4 is 0 Å². The van der Waals surface area contributed by atoms with Crippen molar-refractivity contribution in [1.82, 2.24) is 4.90 Å². The highest BCUT2D eigenvalue weighted by Gasteiger charge is 2.35. The van der Waals surface area contributed by atoms with Crippen LogP contribution in [0.1, 0.15) is 207 Å². The zero-order valence-electron chi connectivity index (χ0n) is 28.5. The lowest BCUT2D eigenvalue weighted by Crippen LogP contribution is -2.44. The molecule has 0 aromatic carbocycles. The van der Waals surface area contributed by atoms with E-state index in [-0.39, 0.29) is 0 Å². The lowest BCUT2D eigenvalue weighted by Gasteiger charge is -2.41. The highest BCUT2D eigenvalue weighted by molar-refractivity contribution is 4.86. The van der Waals surface area contributed by atoms with Crippen LogP contribution in [0, 0.1) is 23.7 Å². The van der Waals surface area contributed by atoms with Crippen LogP contribution in [0.2, 0.25) is 0 Å². The summed E-state index contributed by atoms with van der Waals surface area (Å²) >= 11 is 0. The Kier molecular flexibility index (Phi) is 22.1. The Morgan fingerprint density at radius 2 is 1.05 bits per heavy atom. The summed E-state index contributed by atoms with van der Waals surface area (Å²) in [5.74, 6) is 4.08. The van der Waals surface area contributed by atoms with Gasteiger partial charge in [-0.15, -0.1) is 0 Å². The van der Waals surface area contributed by atoms with Crippen LogP contribution in [0.5, 0.6) is 0 Å². The monoisotopic (exact) mass is 560 g/mol. The van der Waals surface area contributed by atoms with Crippen molar-refractivity contribution in [1.29, 1.82) is 0 Å². The summed E-state index contributed by atoms with van der Waals surface area (Å²) in [6.45, 7) is 12.2. The Bertz CT molecular complexity index is 541. The van der Waals surface area contributed by atoms with Crippen molar-refractivity contribution in [2.45, 2.75) is 214 Å². The van der Waals surface area contributed by atoms with Gasteiger partial charge in [0, 0.05) is 6.04 Å². The fourth-order valence-corrected chi connectivity index (χ4v) is 7.97. The number of likely N-dealkylation sites (tertiary alicyclic amines) is 1. The van der Waals surface area contributed by atoms with Crippen LogP contribution in [-0.4, -0.2) is 24.0 Å². The molecule has 2 rings (SSSR count). The van der Waals surface area contributed by atoms with Crippen LogP contribution in [-0.2, 0) is 0 Å². The van der Waals surface area contributed by atoms with E-state index in [1.165, 1.54) is 174 Å². The molecule has 1 nitrogen and oxygen atoms in total. The zero-order chi connectivity index (χ0) is 28.7. The summed E-state index contributed by atoms with van der Waals surface area (Å²) in [4.78, 5) is 2.96. The molecule has 1 aliphatic carbocycles. The van der Waals surface area contributed by atoms with E-state index < -0.39 is 0 Å². The topological polar surface area (TPSA) is 3.24 Å². The zero-order valence-corrected chi connectivity index (χ0v) is 28.5. The number of hydrogen-bond acceptors (Lipinski definition) is 1. The molecule has 238 valence electrons. The molecule has 0 aromatic heterocycles. The van der Waals surface area contributed by atoms with Crippen LogP contribution in [0.3, 0.4) is 0 Å². The summed E-state index contributed by atoms with van der Waals surface area (Å²) < 4.78 is 0. The standard InChI is InChI=1S/C39H77N/c1-5-7-9-11-15-19-27-36(39-31-23-24-32-40(39)33-25-26-35(3)4)28-20-17-13-14-18-22-30-38-34-37(38)29-21-16-12-10-8-6-2/h35-39H,5-34H2,1-4H3. The average Bonchev–Trinajstić information content (AvgIpc) is 3.71. The summed E-state index contributed by atoms with van der Waals surface area (Å²) in [6, 6.07) is 0.902. The van der Waals surface area contributed by atoms with Gasteiger partial charge in [0.25, 0.3) is 0 Å². The van der Waals surface area contributed by atoms with Crippen LogP contribution in [0.15, 0.2) is 0 Å². The molecule has 1 saturated carbocycles. The normalized spacial score (nSPS) is 22.3. The lowest BCUT2D eigenvalue weighted by atomic mass is 9.82. The smallest absolute Gasteiger partial charge is 0.0123 e. The van der Waals surface area contributed by atoms with Gasteiger partial charge in [0.1, 0.15) is 0 Å². The van der Waals surface area contributed by atoms with E-state index in [1.54, 1.807) is 19.3 Å². The lowest BCUT2D eigenvalue weighted by molar-refractivity contribution is 0.0855. The van der Waals surface area contributed by atoms with E-state index in [4.69, 9.17) is 0 Å². The second kappa shape index (κ2) is 24.4. The summed E-state index contributed by atoms with van der Waals surface area (Å²) in [5.41, 5.74) is 0. The van der Waals surface area contributed by atoms with E-state index in [9.17, 15) is 0 Å². The third-order valence-electron chi connectivity index (χ3n) is 10.8. The predicted octanol–water partition coefficient (Wildman–Crippen LogP) is 13.2. The maximum Gasteiger partial charge on any atom is 0.0123 e. The highest BCUT2D eigenvalue weighted by Crippen LogP contribution is 2.45. The van der Waals surface area contributed by atoms with Crippen molar-refractivity contribution in [3.05, 3.63) is 0 Å². The largest absolute Gasteiger partial charge is 0.300 e. The molecular weight excluding hydrogens is 482 g/mol. The molecule has 4 atom stereocenters. The van der Waals surface area contributed by atoms with Gasteiger partial charge in [-0.1, -0.05) is 163 Å². The summed E-state index contributed by atoms with van der Waals surface area (Å²) in [5, 5.41) is 0. The van der Waals surface area contributed by atoms with E-state index in [1.807, 2.05) is 0 Å². The summed E-state index contributed by atoms with van der Waals surface area (Å²) in [6.07, 6.45) is 41.5. The van der Waals surface area contributed by atoms with Gasteiger partial charge in [-0.25, -0.2) is 0 Å². The molecule has 1 heteroatoms. The number of hydrogen-bond donors (Lipinski definition) is 0. The first-order valence-corrected chi connectivity index (χ1v) is 19.4. The minimum Gasteiger partial charge on any atom is -0.300 e. The molecule has 1 heterocycles. The predicted molar refractivity (Wildman–Crippen MR) is 181 cm³/mol. The van der Waals surface area contributed by atoms with Crippen LogP contribution in [0.25, 0.3) is 0 Å². The molecule has 0 spiro atoms. The van der Waals surface area contributed by atoms with E-state index in [2.05, 4.69) is 32.6 Å². The molecular formula is C39H77N. The number of piperidine rings is 1. The van der Waals surface area contributed by atoms with Crippen molar-refractivity contribution >= 4 is 0 Å². The van der Waals surface area contributed by atoms with E-state index in [0.717, 1.165) is 29.7 Å². The average molecular weight is 560 g/mol. The Balaban J connectivity index is 1.58. The van der Waals surface area contributed by atoms with Crippen LogP contribution in [0.4, 0.5) is 0 Å². The van der Waals surface area contributed by atoms with E-state index >= 15 is 0 Å². The molecule has 2 fully saturated rings. The molecule has 0 N–H and O–H groups in total. The Morgan fingerprint density at radius 3 is 1.57 bits per heavy atom. The van der Waals surface area contributed by atoms with Crippen molar-refractivity contribution in [2.75, 3.05) is 13.1 Å². The maximum atomic E-state index is 2.96. The third kappa shape index (κ3) is 17.8. The number of unbranched alkanes of at least 4 members (excludes halogenated alkanes) is 15. The van der Waals surface area contributed by atoms with Crippen molar-refractivity contribution < 1.29 is 0 Å². The van der Waals surface area contributed by atoms with Crippen molar-refractivity contribution in [3.8, 4) is 0 Å². The molecule has 1 saturated heterocycles. The van der Waals surface area contributed by atoms with Gasteiger partial charge in [-0.3, -0.25) is 0 Å². The van der Waals surface area contributed by atoms with E-state index in [0.29, 0.717) is 0 Å². The Hall–Kier alpha value is -0.0400. The highest BCUT2D eigenvalue weighted by atomic mass is 15.2. The number of nitrogens with zero attached hydrogens (tertiary/aromatic N) is 1. The Morgan fingerprint density at radius 1 is 0.550 bits per heavy atom. The SMILES string of the molecule is CCCCCCCCC1CC1CCCCCCCCC(CCCCCCCC)C1CCCCN1CCCC(C)C. The van der Waals surface area contributed by atoms with Gasteiger partial charge in [0.15, 0.2) is 0 Å². The molecule has 0 amide bonds. The third-order valence-corrected chi connectivity index (χ3v) is 10.8. The number of rotatable bonds is 28. The van der Waals surface area contributed by atoms with Crippen molar-refractivity contribution in [3.63, 3.8) is 0 Å². The molecule has 4 unspecified atom stereocenters. The second-order valence-corrected chi connectivity index (χ2v) is 15.0. The molecule has 40 heavy (non-hydrogen) atoms. The first kappa shape index (κ1) is 36.2. The van der Waals surface area contributed by atoms with Gasteiger partial charge in [-0.2, -0.15) is 0 Å². The molecule has 1 aliphatic heterocycles. The fraction of sp³-hybridized carbons (Fsp3) is 1.00. The minimum absolute atomic E-state index is 0.859. The molecule has 0 bridgehead atoms. The van der Waals surface area contributed by atoms with Crippen LogP contribution >= 0.6 is 0 Å². The van der Waals surface area contributed by atoms with Gasteiger partial charge in [0.05, 0.1) is 0 Å².